The quantitative estimate of drug-likeness (QED) is 0.249. The Morgan fingerprint density at radius 3 is 2.56 bits per heavy atom. The standard InChI is InChI=1S/C34H42FN5O3/c1-3-4-11-28-12-8-19-40(28)34(43)31-22-25(17-18-37-31)33(42)39-30(21-24-9-6-5-7-10-24)29(36)20-23(2)32(41)38-27-15-13-26(35)14-16-27/h5-7,9-10,13-18,22-23,28-30H,3-4,8,11-12,19-21,36H2,1-2H3,(H,38,41)(H,39,42)/t23-,28+,29+,30+/m1/s1. The summed E-state index contributed by atoms with van der Waals surface area (Å²) in [7, 11) is 0. The van der Waals surface area contributed by atoms with Gasteiger partial charge in [-0.1, -0.05) is 57.0 Å². The number of halogens is 1. The molecule has 0 aliphatic carbocycles. The molecule has 3 aromatic rings. The number of rotatable bonds is 13. The van der Waals surface area contributed by atoms with Crippen LogP contribution in [-0.2, 0) is 11.2 Å². The Bertz CT molecular complexity index is 1370. The molecule has 9 heteroatoms. The van der Waals surface area contributed by atoms with Gasteiger partial charge >= 0.3 is 0 Å². The molecule has 1 fully saturated rings. The van der Waals surface area contributed by atoms with E-state index in [9.17, 15) is 18.8 Å². The Morgan fingerprint density at radius 1 is 1.09 bits per heavy atom. The molecule has 0 unspecified atom stereocenters. The van der Waals surface area contributed by atoms with Crippen LogP contribution in [-0.4, -0.2) is 52.3 Å². The van der Waals surface area contributed by atoms with Gasteiger partial charge in [-0.25, -0.2) is 4.39 Å². The van der Waals surface area contributed by atoms with E-state index in [0.717, 1.165) is 37.7 Å². The fraction of sp³-hybridized carbons (Fsp3) is 0.412. The van der Waals surface area contributed by atoms with Gasteiger partial charge in [0.2, 0.25) is 5.91 Å². The highest BCUT2D eigenvalue weighted by molar-refractivity contribution is 5.98. The van der Waals surface area contributed by atoms with Crippen LogP contribution in [0.3, 0.4) is 0 Å². The number of carbonyl (C=O) groups is 3. The Labute approximate surface area is 253 Å². The monoisotopic (exact) mass is 587 g/mol. The molecule has 0 bridgehead atoms. The minimum absolute atomic E-state index is 0.146. The first-order chi connectivity index (χ1) is 20.7. The van der Waals surface area contributed by atoms with Crippen molar-refractivity contribution >= 4 is 23.4 Å². The highest BCUT2D eigenvalue weighted by atomic mass is 19.1. The normalized spacial score (nSPS) is 16.7. The van der Waals surface area contributed by atoms with Gasteiger partial charge < -0.3 is 21.3 Å². The van der Waals surface area contributed by atoms with Crippen LogP contribution in [0.2, 0.25) is 0 Å². The van der Waals surface area contributed by atoms with Gasteiger partial charge in [0, 0.05) is 48.0 Å². The van der Waals surface area contributed by atoms with Crippen molar-refractivity contribution in [2.24, 2.45) is 11.7 Å². The Morgan fingerprint density at radius 2 is 1.84 bits per heavy atom. The summed E-state index contributed by atoms with van der Waals surface area (Å²) in [5.74, 6) is -1.61. The minimum Gasteiger partial charge on any atom is -0.347 e. The number of amides is 3. The van der Waals surface area contributed by atoms with Crippen molar-refractivity contribution in [1.29, 1.82) is 0 Å². The highest BCUT2D eigenvalue weighted by Crippen LogP contribution is 2.24. The average molecular weight is 588 g/mol. The molecule has 1 aliphatic rings. The van der Waals surface area contributed by atoms with Gasteiger partial charge in [-0.05, 0) is 74.1 Å². The van der Waals surface area contributed by atoms with Gasteiger partial charge in [0.15, 0.2) is 0 Å². The SMILES string of the molecule is CCCC[C@H]1CCCN1C(=O)c1cc(C(=O)N[C@@H](Cc2ccccc2)[C@@H](N)C[C@@H](C)C(=O)Nc2ccc(F)cc2)ccn1. The van der Waals surface area contributed by atoms with Crippen molar-refractivity contribution < 1.29 is 18.8 Å². The van der Waals surface area contributed by atoms with E-state index >= 15 is 0 Å². The molecule has 2 aromatic carbocycles. The van der Waals surface area contributed by atoms with Crippen molar-refractivity contribution in [2.75, 3.05) is 11.9 Å². The predicted octanol–water partition coefficient (Wildman–Crippen LogP) is 5.35. The van der Waals surface area contributed by atoms with Gasteiger partial charge in [-0.2, -0.15) is 0 Å². The van der Waals surface area contributed by atoms with Gasteiger partial charge in [0.1, 0.15) is 11.5 Å². The number of unbranched alkanes of at least 4 members (excludes halogenated alkanes) is 1. The fourth-order valence-corrected chi connectivity index (χ4v) is 5.59. The van der Waals surface area contributed by atoms with Crippen LogP contribution in [0.25, 0.3) is 0 Å². The van der Waals surface area contributed by atoms with Crippen LogP contribution >= 0.6 is 0 Å². The van der Waals surface area contributed by atoms with Crippen molar-refractivity contribution in [2.45, 2.75) is 76.9 Å². The van der Waals surface area contributed by atoms with Crippen molar-refractivity contribution in [3.8, 4) is 0 Å². The summed E-state index contributed by atoms with van der Waals surface area (Å²) in [6.07, 6.45) is 7.35. The van der Waals surface area contributed by atoms with Crippen LogP contribution < -0.4 is 16.4 Å². The molecule has 1 saturated heterocycles. The predicted molar refractivity (Wildman–Crippen MR) is 166 cm³/mol. The molecule has 228 valence electrons. The topological polar surface area (TPSA) is 117 Å². The summed E-state index contributed by atoms with van der Waals surface area (Å²) in [5, 5.41) is 5.86. The smallest absolute Gasteiger partial charge is 0.272 e. The lowest BCUT2D eigenvalue weighted by atomic mass is 9.92. The van der Waals surface area contributed by atoms with E-state index in [4.69, 9.17) is 5.73 Å². The summed E-state index contributed by atoms with van der Waals surface area (Å²) in [5.41, 5.74) is 8.71. The molecule has 0 saturated carbocycles. The van der Waals surface area contributed by atoms with Crippen LogP contribution in [0, 0.1) is 11.7 Å². The lowest BCUT2D eigenvalue weighted by Crippen LogP contribution is -2.50. The number of pyridine rings is 1. The molecule has 4 N–H and O–H groups in total. The number of hydrogen-bond acceptors (Lipinski definition) is 5. The third-order valence-electron chi connectivity index (χ3n) is 8.09. The highest BCUT2D eigenvalue weighted by Gasteiger charge is 2.30. The number of nitrogens with two attached hydrogens (primary N) is 1. The molecule has 4 atom stereocenters. The fourth-order valence-electron chi connectivity index (χ4n) is 5.59. The summed E-state index contributed by atoms with van der Waals surface area (Å²) in [6.45, 7) is 4.62. The molecule has 0 spiro atoms. The number of likely N-dealkylation sites (tertiary alicyclic amines) is 1. The molecule has 1 aliphatic heterocycles. The summed E-state index contributed by atoms with van der Waals surface area (Å²) >= 11 is 0. The Balaban J connectivity index is 1.45. The minimum atomic E-state index is -0.551. The molecule has 8 nitrogen and oxygen atoms in total. The van der Waals surface area contributed by atoms with Crippen molar-refractivity contribution in [3.05, 3.63) is 95.6 Å². The van der Waals surface area contributed by atoms with E-state index in [2.05, 4.69) is 22.5 Å². The third kappa shape index (κ3) is 8.94. The van der Waals surface area contributed by atoms with Gasteiger partial charge in [0.25, 0.3) is 11.8 Å². The number of aromatic nitrogens is 1. The van der Waals surface area contributed by atoms with E-state index in [1.54, 1.807) is 19.1 Å². The number of anilines is 1. The largest absolute Gasteiger partial charge is 0.347 e. The van der Waals surface area contributed by atoms with Crippen molar-refractivity contribution in [1.82, 2.24) is 15.2 Å². The molecule has 2 heterocycles. The summed E-state index contributed by atoms with van der Waals surface area (Å²) in [4.78, 5) is 45.9. The summed E-state index contributed by atoms with van der Waals surface area (Å²) < 4.78 is 13.3. The first-order valence-corrected chi connectivity index (χ1v) is 15.2. The van der Waals surface area contributed by atoms with Crippen LogP contribution in [0.5, 0.6) is 0 Å². The zero-order chi connectivity index (χ0) is 30.8. The van der Waals surface area contributed by atoms with E-state index in [-0.39, 0.29) is 35.3 Å². The number of hydrogen-bond donors (Lipinski definition) is 3. The van der Waals surface area contributed by atoms with Crippen molar-refractivity contribution in [3.63, 3.8) is 0 Å². The number of nitrogens with zero attached hydrogens (tertiary/aromatic N) is 2. The Hall–Kier alpha value is -4.11. The second-order valence-electron chi connectivity index (χ2n) is 11.4. The van der Waals surface area contributed by atoms with Gasteiger partial charge in [-0.3, -0.25) is 19.4 Å². The Kier molecular flexibility index (Phi) is 11.4. The van der Waals surface area contributed by atoms with E-state index in [1.165, 1.54) is 30.5 Å². The van der Waals surface area contributed by atoms with Crippen LogP contribution in [0.4, 0.5) is 10.1 Å². The van der Waals surface area contributed by atoms with Gasteiger partial charge in [0.05, 0.1) is 0 Å². The lowest BCUT2D eigenvalue weighted by Gasteiger charge is -2.27. The maximum Gasteiger partial charge on any atom is 0.272 e. The van der Waals surface area contributed by atoms with Crippen LogP contribution in [0.1, 0.15) is 78.8 Å². The average Bonchev–Trinajstić information content (AvgIpc) is 3.49. The zero-order valence-electron chi connectivity index (χ0n) is 25.0. The van der Waals surface area contributed by atoms with E-state index in [0.29, 0.717) is 30.6 Å². The van der Waals surface area contributed by atoms with E-state index < -0.39 is 18.0 Å². The molecule has 0 radical (unpaired) electrons. The molecule has 4 rings (SSSR count). The van der Waals surface area contributed by atoms with Crippen LogP contribution in [0.15, 0.2) is 72.9 Å². The molecular formula is C34H42FN5O3. The number of benzene rings is 2. The number of nitrogens with one attached hydrogen (secondary N) is 2. The number of carbonyl (C=O) groups excluding carboxylic acids is 3. The van der Waals surface area contributed by atoms with Gasteiger partial charge in [-0.15, -0.1) is 0 Å². The first kappa shape index (κ1) is 31.8. The molecular weight excluding hydrogens is 545 g/mol. The molecule has 43 heavy (non-hydrogen) atoms. The summed E-state index contributed by atoms with van der Waals surface area (Å²) in [6, 6.07) is 17.6. The molecule has 1 aromatic heterocycles. The van der Waals surface area contributed by atoms with E-state index in [1.807, 2.05) is 35.2 Å². The molecule has 3 amide bonds. The lowest BCUT2D eigenvalue weighted by molar-refractivity contribution is -0.119. The first-order valence-electron chi connectivity index (χ1n) is 15.2. The third-order valence-corrected chi connectivity index (χ3v) is 8.09. The second-order valence-corrected chi connectivity index (χ2v) is 11.4. The maximum atomic E-state index is 13.5. The second kappa shape index (κ2) is 15.4. The maximum absolute atomic E-state index is 13.5. The zero-order valence-corrected chi connectivity index (χ0v) is 25.0.